The van der Waals surface area contributed by atoms with Gasteiger partial charge in [-0.05, 0) is 69.0 Å². The lowest BCUT2D eigenvalue weighted by molar-refractivity contribution is -0.122. The molecule has 0 saturated carbocycles. The van der Waals surface area contributed by atoms with Crippen LogP contribution in [0.4, 0.5) is 4.79 Å². The summed E-state index contributed by atoms with van der Waals surface area (Å²) in [4.78, 5) is 31.5. The van der Waals surface area contributed by atoms with Crippen LogP contribution in [0.5, 0.6) is 0 Å². The number of hydrazine groups is 1. The summed E-state index contributed by atoms with van der Waals surface area (Å²) >= 11 is 6.08. The normalized spacial score (nSPS) is 22.6. The van der Waals surface area contributed by atoms with E-state index >= 15 is 0 Å². The van der Waals surface area contributed by atoms with Crippen LogP contribution in [0, 0.1) is 0 Å². The van der Waals surface area contributed by atoms with E-state index in [0.717, 1.165) is 24.0 Å². The van der Waals surface area contributed by atoms with E-state index in [-0.39, 0.29) is 30.0 Å². The highest BCUT2D eigenvalue weighted by molar-refractivity contribution is 6.30. The highest BCUT2D eigenvalue weighted by Gasteiger charge is 2.46. The summed E-state index contributed by atoms with van der Waals surface area (Å²) < 4.78 is 5.52. The van der Waals surface area contributed by atoms with Gasteiger partial charge in [-0.15, -0.1) is 0 Å². The number of aromatic nitrogens is 1. The van der Waals surface area contributed by atoms with Gasteiger partial charge in [0.05, 0.1) is 12.0 Å². The lowest BCUT2D eigenvalue weighted by Crippen LogP contribution is -2.51. The van der Waals surface area contributed by atoms with Crippen LogP contribution in [-0.2, 0) is 9.53 Å². The summed E-state index contributed by atoms with van der Waals surface area (Å²) in [6.07, 6.45) is 4.70. The first-order valence-corrected chi connectivity index (χ1v) is 11.3. The van der Waals surface area contributed by atoms with Gasteiger partial charge in [0.15, 0.2) is 0 Å². The molecule has 2 unspecified atom stereocenters. The highest BCUT2D eigenvalue weighted by atomic mass is 35.5. The van der Waals surface area contributed by atoms with Crippen molar-refractivity contribution in [2.24, 2.45) is 0 Å². The van der Waals surface area contributed by atoms with Crippen molar-refractivity contribution in [2.45, 2.75) is 57.2 Å². The van der Waals surface area contributed by atoms with Gasteiger partial charge in [-0.1, -0.05) is 23.7 Å². The minimum atomic E-state index is -0.519. The number of hydrogen-bond donors (Lipinski definition) is 1. The van der Waals surface area contributed by atoms with Crippen molar-refractivity contribution >= 4 is 23.6 Å². The number of carbonyl (C=O) groups excluding carboxylic acids is 2. The SMILES string of the molecule is CC(C)(C)OC(=O)N1CCC(N2NC(=O)C(c3ccc(Cl)cc3)C2c2ccncc2)CC1. The number of halogens is 1. The van der Waals surface area contributed by atoms with Crippen molar-refractivity contribution in [1.29, 1.82) is 0 Å². The van der Waals surface area contributed by atoms with Gasteiger partial charge in [-0.3, -0.25) is 15.2 Å². The summed E-state index contributed by atoms with van der Waals surface area (Å²) in [7, 11) is 0. The van der Waals surface area contributed by atoms with Gasteiger partial charge < -0.3 is 9.64 Å². The molecule has 170 valence electrons. The average molecular weight is 457 g/mol. The molecule has 3 heterocycles. The molecule has 7 nitrogen and oxygen atoms in total. The van der Waals surface area contributed by atoms with Crippen LogP contribution in [-0.4, -0.2) is 51.6 Å². The van der Waals surface area contributed by atoms with Crippen LogP contribution in [0.3, 0.4) is 0 Å². The predicted molar refractivity (Wildman–Crippen MR) is 122 cm³/mol. The van der Waals surface area contributed by atoms with Gasteiger partial charge in [0, 0.05) is 36.5 Å². The first-order chi connectivity index (χ1) is 15.2. The Morgan fingerprint density at radius 1 is 1.06 bits per heavy atom. The molecule has 1 aromatic carbocycles. The van der Waals surface area contributed by atoms with E-state index in [4.69, 9.17) is 16.3 Å². The number of carbonyl (C=O) groups is 2. The standard InChI is InChI=1S/C24H29ClN4O3/c1-24(2,3)32-23(31)28-14-10-19(11-15-28)29-21(17-8-12-26-13-9-17)20(22(30)27-29)16-4-6-18(25)7-5-16/h4-9,12-13,19-21H,10-11,14-15H2,1-3H3,(H,27,30). The maximum absolute atomic E-state index is 13.1. The molecule has 4 rings (SSSR count). The molecule has 32 heavy (non-hydrogen) atoms. The average Bonchev–Trinajstić information content (AvgIpc) is 3.11. The maximum Gasteiger partial charge on any atom is 0.410 e. The first kappa shape index (κ1) is 22.6. The van der Waals surface area contributed by atoms with Crippen LogP contribution < -0.4 is 5.43 Å². The zero-order valence-electron chi connectivity index (χ0n) is 18.6. The van der Waals surface area contributed by atoms with Crippen LogP contribution >= 0.6 is 11.6 Å². The number of pyridine rings is 1. The van der Waals surface area contributed by atoms with Crippen molar-refractivity contribution in [3.8, 4) is 0 Å². The fraction of sp³-hybridized carbons (Fsp3) is 0.458. The van der Waals surface area contributed by atoms with E-state index in [1.165, 1.54) is 0 Å². The zero-order chi connectivity index (χ0) is 22.9. The quantitative estimate of drug-likeness (QED) is 0.745. The minimum absolute atomic E-state index is 0.0382. The number of hydrogen-bond acceptors (Lipinski definition) is 5. The summed E-state index contributed by atoms with van der Waals surface area (Å²) in [5, 5.41) is 2.71. The van der Waals surface area contributed by atoms with E-state index in [9.17, 15) is 9.59 Å². The van der Waals surface area contributed by atoms with Gasteiger partial charge in [0.2, 0.25) is 5.91 Å². The number of piperidine rings is 1. The molecule has 1 aromatic heterocycles. The topological polar surface area (TPSA) is 74.8 Å². The smallest absolute Gasteiger partial charge is 0.410 e. The molecular weight excluding hydrogens is 428 g/mol. The Morgan fingerprint density at radius 2 is 1.69 bits per heavy atom. The third kappa shape index (κ3) is 4.89. The molecule has 0 spiro atoms. The molecule has 0 aliphatic carbocycles. The zero-order valence-corrected chi connectivity index (χ0v) is 19.4. The molecule has 2 aliphatic rings. The molecule has 0 radical (unpaired) electrons. The Bertz CT molecular complexity index is 953. The van der Waals surface area contributed by atoms with Gasteiger partial charge in [0.25, 0.3) is 0 Å². The largest absolute Gasteiger partial charge is 0.444 e. The molecule has 2 fully saturated rings. The fourth-order valence-electron chi connectivity index (χ4n) is 4.46. The highest BCUT2D eigenvalue weighted by Crippen LogP contribution is 2.42. The molecule has 2 aromatic rings. The second-order valence-corrected chi connectivity index (χ2v) is 9.77. The lowest BCUT2D eigenvalue weighted by Gasteiger charge is -2.39. The number of rotatable bonds is 3. The summed E-state index contributed by atoms with van der Waals surface area (Å²) in [5.74, 6) is -0.401. The van der Waals surface area contributed by atoms with Crippen molar-refractivity contribution in [1.82, 2.24) is 20.3 Å². The summed E-state index contributed by atoms with van der Waals surface area (Å²) in [6.45, 7) is 6.77. The minimum Gasteiger partial charge on any atom is -0.444 e. The Kier molecular flexibility index (Phi) is 6.40. The second kappa shape index (κ2) is 9.08. The number of nitrogens with zero attached hydrogens (tertiary/aromatic N) is 3. The van der Waals surface area contributed by atoms with E-state index in [2.05, 4.69) is 15.4 Å². The Balaban J connectivity index is 1.55. The Hall–Kier alpha value is -2.64. The van der Waals surface area contributed by atoms with Crippen LogP contribution in [0.25, 0.3) is 0 Å². The van der Waals surface area contributed by atoms with E-state index < -0.39 is 5.60 Å². The monoisotopic (exact) mass is 456 g/mol. The fourth-order valence-corrected chi connectivity index (χ4v) is 4.59. The summed E-state index contributed by atoms with van der Waals surface area (Å²) in [6, 6.07) is 11.3. The van der Waals surface area contributed by atoms with Gasteiger partial charge >= 0.3 is 6.09 Å². The number of nitrogens with one attached hydrogen (secondary N) is 1. The van der Waals surface area contributed by atoms with Gasteiger partial charge in [-0.25, -0.2) is 9.80 Å². The molecular formula is C24H29ClN4O3. The van der Waals surface area contributed by atoms with E-state index in [1.807, 2.05) is 57.2 Å². The molecule has 2 amide bonds. The van der Waals surface area contributed by atoms with Crippen molar-refractivity contribution in [3.63, 3.8) is 0 Å². The molecule has 2 atom stereocenters. The third-order valence-electron chi connectivity index (χ3n) is 5.92. The van der Waals surface area contributed by atoms with Gasteiger partial charge in [0.1, 0.15) is 5.60 Å². The lowest BCUT2D eigenvalue weighted by atomic mass is 9.87. The van der Waals surface area contributed by atoms with E-state index in [0.29, 0.717) is 18.1 Å². The first-order valence-electron chi connectivity index (χ1n) is 10.9. The number of benzene rings is 1. The molecule has 8 heteroatoms. The second-order valence-electron chi connectivity index (χ2n) is 9.34. The number of amides is 2. The van der Waals surface area contributed by atoms with Crippen molar-refractivity contribution in [2.75, 3.05) is 13.1 Å². The molecule has 1 N–H and O–H groups in total. The molecule has 2 aliphatic heterocycles. The van der Waals surface area contributed by atoms with Crippen LogP contribution in [0.1, 0.15) is 56.7 Å². The number of ether oxygens (including phenoxy) is 1. The predicted octanol–water partition coefficient (Wildman–Crippen LogP) is 4.31. The maximum atomic E-state index is 13.1. The number of likely N-dealkylation sites (tertiary alicyclic amines) is 1. The van der Waals surface area contributed by atoms with Crippen LogP contribution in [0.2, 0.25) is 5.02 Å². The summed E-state index contributed by atoms with van der Waals surface area (Å²) in [5.41, 5.74) is 4.55. The Morgan fingerprint density at radius 3 is 2.28 bits per heavy atom. The van der Waals surface area contributed by atoms with Gasteiger partial charge in [-0.2, -0.15) is 0 Å². The van der Waals surface area contributed by atoms with Crippen molar-refractivity contribution in [3.05, 3.63) is 64.9 Å². The Labute approximate surface area is 193 Å². The van der Waals surface area contributed by atoms with E-state index in [1.54, 1.807) is 17.3 Å². The molecule has 2 saturated heterocycles. The third-order valence-corrected chi connectivity index (χ3v) is 6.18. The molecule has 0 bridgehead atoms. The van der Waals surface area contributed by atoms with Crippen LogP contribution in [0.15, 0.2) is 48.8 Å². The van der Waals surface area contributed by atoms with Crippen molar-refractivity contribution < 1.29 is 14.3 Å².